The molecular formula is C22H23NO4. The number of rotatable bonds is 4. The molecular weight excluding hydrogens is 342 g/mol. The van der Waals surface area contributed by atoms with Gasteiger partial charge in [-0.05, 0) is 66.5 Å². The molecule has 2 aromatic rings. The molecule has 5 nitrogen and oxygen atoms in total. The van der Waals surface area contributed by atoms with E-state index < -0.39 is 0 Å². The SMILES string of the molecule is COC(=O)c1ccc2c(c1)CCCN2C(=O)OCc1ccc(C2CC2)cc1. The van der Waals surface area contributed by atoms with Crippen molar-refractivity contribution in [3.63, 3.8) is 0 Å². The van der Waals surface area contributed by atoms with E-state index in [1.165, 1.54) is 25.5 Å². The van der Waals surface area contributed by atoms with E-state index in [4.69, 9.17) is 9.47 Å². The van der Waals surface area contributed by atoms with Crippen LogP contribution < -0.4 is 4.90 Å². The Bertz CT molecular complexity index is 855. The van der Waals surface area contributed by atoms with Crippen molar-refractivity contribution in [2.45, 2.75) is 38.2 Å². The van der Waals surface area contributed by atoms with E-state index in [9.17, 15) is 9.59 Å². The summed E-state index contributed by atoms with van der Waals surface area (Å²) in [5.74, 6) is 0.355. The summed E-state index contributed by atoms with van der Waals surface area (Å²) in [5, 5.41) is 0. The van der Waals surface area contributed by atoms with Gasteiger partial charge in [-0.2, -0.15) is 0 Å². The van der Waals surface area contributed by atoms with Gasteiger partial charge >= 0.3 is 12.1 Å². The summed E-state index contributed by atoms with van der Waals surface area (Å²) in [6.45, 7) is 0.875. The Morgan fingerprint density at radius 3 is 2.59 bits per heavy atom. The molecule has 0 aromatic heterocycles. The first-order chi connectivity index (χ1) is 13.2. The molecule has 27 heavy (non-hydrogen) atoms. The van der Waals surface area contributed by atoms with Crippen LogP contribution in [0.3, 0.4) is 0 Å². The summed E-state index contributed by atoms with van der Waals surface area (Å²) in [6.07, 6.45) is 3.86. The lowest BCUT2D eigenvalue weighted by Gasteiger charge is -2.29. The molecule has 4 rings (SSSR count). The average Bonchev–Trinajstić information content (AvgIpc) is 3.56. The van der Waals surface area contributed by atoms with Gasteiger partial charge in [0.05, 0.1) is 18.4 Å². The number of carbonyl (C=O) groups is 2. The monoisotopic (exact) mass is 365 g/mol. The first-order valence-electron chi connectivity index (χ1n) is 9.40. The summed E-state index contributed by atoms with van der Waals surface area (Å²) in [4.78, 5) is 26.0. The molecule has 1 heterocycles. The fraction of sp³-hybridized carbons (Fsp3) is 0.364. The highest BCUT2D eigenvalue weighted by Gasteiger charge is 2.25. The van der Waals surface area contributed by atoms with E-state index >= 15 is 0 Å². The van der Waals surface area contributed by atoms with E-state index in [0.717, 1.165) is 35.6 Å². The van der Waals surface area contributed by atoms with Gasteiger partial charge in [0.25, 0.3) is 0 Å². The normalized spacial score (nSPS) is 15.8. The lowest BCUT2D eigenvalue weighted by Crippen LogP contribution is -2.36. The Morgan fingerprint density at radius 1 is 1.11 bits per heavy atom. The van der Waals surface area contributed by atoms with Gasteiger partial charge in [0, 0.05) is 6.54 Å². The minimum atomic E-state index is -0.368. The van der Waals surface area contributed by atoms with Crippen molar-refractivity contribution in [1.29, 1.82) is 0 Å². The number of hydrogen-bond acceptors (Lipinski definition) is 4. The second-order valence-electron chi connectivity index (χ2n) is 7.16. The fourth-order valence-electron chi connectivity index (χ4n) is 3.56. The zero-order chi connectivity index (χ0) is 18.8. The number of amides is 1. The number of carbonyl (C=O) groups excluding carboxylic acids is 2. The lowest BCUT2D eigenvalue weighted by molar-refractivity contribution is 0.0600. The molecule has 1 aliphatic heterocycles. The molecule has 2 aromatic carbocycles. The zero-order valence-electron chi connectivity index (χ0n) is 15.4. The highest BCUT2D eigenvalue weighted by atomic mass is 16.6. The average molecular weight is 365 g/mol. The van der Waals surface area contributed by atoms with Gasteiger partial charge in [0.1, 0.15) is 6.61 Å². The van der Waals surface area contributed by atoms with E-state index in [1.54, 1.807) is 23.1 Å². The molecule has 0 unspecified atom stereocenters. The van der Waals surface area contributed by atoms with Gasteiger partial charge in [0.2, 0.25) is 0 Å². The fourth-order valence-corrected chi connectivity index (χ4v) is 3.56. The summed E-state index contributed by atoms with van der Waals surface area (Å²) >= 11 is 0. The Hall–Kier alpha value is -2.82. The van der Waals surface area contributed by atoms with Crippen LogP contribution in [0, 0.1) is 0 Å². The van der Waals surface area contributed by atoms with Crippen LogP contribution in [-0.2, 0) is 22.5 Å². The minimum Gasteiger partial charge on any atom is -0.465 e. The molecule has 2 aliphatic rings. The van der Waals surface area contributed by atoms with Gasteiger partial charge in [-0.1, -0.05) is 24.3 Å². The second-order valence-corrected chi connectivity index (χ2v) is 7.16. The van der Waals surface area contributed by atoms with Crippen LogP contribution in [0.4, 0.5) is 10.5 Å². The standard InChI is InChI=1S/C22H23NO4/c1-26-21(24)19-10-11-20-18(13-19)3-2-12-23(20)22(25)27-14-15-4-6-16(7-5-15)17-8-9-17/h4-7,10-11,13,17H,2-3,8-9,12,14H2,1H3. The molecule has 0 N–H and O–H groups in total. The van der Waals surface area contributed by atoms with Crippen molar-refractivity contribution in [1.82, 2.24) is 0 Å². The van der Waals surface area contributed by atoms with Crippen molar-refractivity contribution < 1.29 is 19.1 Å². The quantitative estimate of drug-likeness (QED) is 0.752. The summed E-state index contributed by atoms with van der Waals surface area (Å²) in [6, 6.07) is 13.6. The highest BCUT2D eigenvalue weighted by Crippen LogP contribution is 2.39. The second kappa shape index (κ2) is 7.43. The number of hydrogen-bond donors (Lipinski definition) is 0. The maximum Gasteiger partial charge on any atom is 0.414 e. The van der Waals surface area contributed by atoms with E-state index in [2.05, 4.69) is 12.1 Å². The number of methoxy groups -OCH3 is 1. The van der Waals surface area contributed by atoms with Gasteiger partial charge < -0.3 is 9.47 Å². The molecule has 0 radical (unpaired) electrons. The van der Waals surface area contributed by atoms with Gasteiger partial charge in [0.15, 0.2) is 0 Å². The lowest BCUT2D eigenvalue weighted by atomic mass is 9.99. The number of anilines is 1. The third kappa shape index (κ3) is 3.82. The topological polar surface area (TPSA) is 55.8 Å². The largest absolute Gasteiger partial charge is 0.465 e. The molecule has 140 valence electrons. The number of nitrogens with zero attached hydrogens (tertiary/aromatic N) is 1. The van der Waals surface area contributed by atoms with Crippen LogP contribution in [0.25, 0.3) is 0 Å². The molecule has 0 atom stereocenters. The zero-order valence-corrected chi connectivity index (χ0v) is 15.4. The maximum atomic E-state index is 12.6. The number of fused-ring (bicyclic) bond motifs is 1. The molecule has 1 fully saturated rings. The maximum absolute atomic E-state index is 12.6. The van der Waals surface area contributed by atoms with Crippen LogP contribution in [0.5, 0.6) is 0 Å². The Kier molecular flexibility index (Phi) is 4.84. The third-order valence-electron chi connectivity index (χ3n) is 5.23. The predicted octanol–water partition coefficient (Wildman–Crippen LogP) is 4.44. The van der Waals surface area contributed by atoms with Gasteiger partial charge in [-0.25, -0.2) is 9.59 Å². The summed E-state index contributed by atoms with van der Waals surface area (Å²) < 4.78 is 10.3. The first kappa shape index (κ1) is 17.6. The number of aryl methyl sites for hydroxylation is 1. The predicted molar refractivity (Wildman–Crippen MR) is 102 cm³/mol. The van der Waals surface area contributed by atoms with Crippen molar-refractivity contribution in [3.8, 4) is 0 Å². The van der Waals surface area contributed by atoms with Crippen molar-refractivity contribution >= 4 is 17.7 Å². The number of ether oxygens (including phenoxy) is 2. The third-order valence-corrected chi connectivity index (χ3v) is 5.23. The number of esters is 1. The van der Waals surface area contributed by atoms with Crippen LogP contribution in [-0.4, -0.2) is 25.7 Å². The van der Waals surface area contributed by atoms with Crippen molar-refractivity contribution in [2.75, 3.05) is 18.6 Å². The van der Waals surface area contributed by atoms with Crippen molar-refractivity contribution in [3.05, 3.63) is 64.7 Å². The van der Waals surface area contributed by atoms with E-state index in [-0.39, 0.29) is 18.7 Å². The molecule has 1 aliphatic carbocycles. The smallest absolute Gasteiger partial charge is 0.414 e. The van der Waals surface area contributed by atoms with Gasteiger partial charge in [-0.3, -0.25) is 4.90 Å². The summed E-state index contributed by atoms with van der Waals surface area (Å²) in [7, 11) is 1.36. The molecule has 0 saturated heterocycles. The molecule has 5 heteroatoms. The van der Waals surface area contributed by atoms with E-state index in [0.29, 0.717) is 12.1 Å². The highest BCUT2D eigenvalue weighted by molar-refractivity contribution is 5.93. The Balaban J connectivity index is 1.42. The van der Waals surface area contributed by atoms with E-state index in [1.807, 2.05) is 12.1 Å². The van der Waals surface area contributed by atoms with Gasteiger partial charge in [-0.15, -0.1) is 0 Å². The Labute approximate surface area is 158 Å². The molecule has 0 spiro atoms. The van der Waals surface area contributed by atoms with Crippen LogP contribution in [0.1, 0.15) is 52.2 Å². The number of benzene rings is 2. The van der Waals surface area contributed by atoms with Crippen LogP contribution in [0.15, 0.2) is 42.5 Å². The molecule has 1 amide bonds. The van der Waals surface area contributed by atoms with Crippen LogP contribution in [0.2, 0.25) is 0 Å². The van der Waals surface area contributed by atoms with Crippen molar-refractivity contribution in [2.24, 2.45) is 0 Å². The molecule has 1 saturated carbocycles. The van der Waals surface area contributed by atoms with Crippen LogP contribution >= 0.6 is 0 Å². The summed E-state index contributed by atoms with van der Waals surface area (Å²) in [5.41, 5.74) is 4.64. The first-order valence-corrected chi connectivity index (χ1v) is 9.40. The minimum absolute atomic E-state index is 0.260. The molecule has 0 bridgehead atoms. The Morgan fingerprint density at radius 2 is 1.89 bits per heavy atom.